The van der Waals surface area contributed by atoms with Crippen molar-refractivity contribution in [2.24, 2.45) is 0 Å². The Morgan fingerprint density at radius 1 is 1.36 bits per heavy atom. The highest BCUT2D eigenvalue weighted by atomic mass is 15.4. The minimum Gasteiger partial charge on any atom is -0.366 e. The van der Waals surface area contributed by atoms with Crippen LogP contribution in [-0.2, 0) is 0 Å². The summed E-state index contributed by atoms with van der Waals surface area (Å²) in [7, 11) is 0. The van der Waals surface area contributed by atoms with Crippen LogP contribution in [0.1, 0.15) is 12.8 Å². The first-order chi connectivity index (χ1) is 5.36. The summed E-state index contributed by atoms with van der Waals surface area (Å²) in [6.07, 6.45) is 2.47. The summed E-state index contributed by atoms with van der Waals surface area (Å²) >= 11 is 0. The zero-order valence-electron chi connectivity index (χ0n) is 6.25. The highest BCUT2D eigenvalue weighted by Crippen LogP contribution is 2.14. The molecule has 1 aromatic heterocycles. The first kappa shape index (κ1) is 6.45. The second-order valence-electron chi connectivity index (χ2n) is 2.71. The maximum atomic E-state index is 5.37. The maximum Gasteiger partial charge on any atom is 0.241 e. The number of nitrogens with one attached hydrogen (secondary N) is 1. The smallest absolute Gasteiger partial charge is 0.241 e. The van der Waals surface area contributed by atoms with Crippen molar-refractivity contribution < 1.29 is 0 Å². The van der Waals surface area contributed by atoms with Gasteiger partial charge in [-0.25, -0.2) is 5.10 Å². The number of nitrogen functional groups attached to an aromatic ring is 1. The van der Waals surface area contributed by atoms with Gasteiger partial charge in [-0.1, -0.05) is 0 Å². The van der Waals surface area contributed by atoms with Crippen LogP contribution in [0.2, 0.25) is 0 Å². The molecule has 60 valence electrons. The van der Waals surface area contributed by atoms with Crippen LogP contribution in [0.15, 0.2) is 0 Å². The summed E-state index contributed by atoms with van der Waals surface area (Å²) in [5, 5.41) is 6.55. The molecular formula is C6H11N5. The zero-order valence-corrected chi connectivity index (χ0v) is 6.25. The molecular weight excluding hydrogens is 142 g/mol. The number of aromatic nitrogens is 3. The molecule has 0 spiro atoms. The predicted molar refractivity (Wildman–Crippen MR) is 42.2 cm³/mol. The highest BCUT2D eigenvalue weighted by molar-refractivity contribution is 5.34. The van der Waals surface area contributed by atoms with Crippen molar-refractivity contribution in [2.75, 3.05) is 23.7 Å². The van der Waals surface area contributed by atoms with Gasteiger partial charge in [0.05, 0.1) is 0 Å². The summed E-state index contributed by atoms with van der Waals surface area (Å²) in [6.45, 7) is 2.13. The molecule has 0 atom stereocenters. The van der Waals surface area contributed by atoms with Crippen LogP contribution < -0.4 is 10.6 Å². The molecule has 0 unspecified atom stereocenters. The van der Waals surface area contributed by atoms with Crippen molar-refractivity contribution >= 4 is 11.9 Å². The largest absolute Gasteiger partial charge is 0.366 e. The molecule has 0 aliphatic carbocycles. The molecule has 0 amide bonds. The third kappa shape index (κ3) is 1.13. The van der Waals surface area contributed by atoms with Crippen LogP contribution in [-0.4, -0.2) is 28.3 Å². The lowest BCUT2D eigenvalue weighted by Crippen LogP contribution is -2.18. The molecule has 1 aliphatic heterocycles. The minimum absolute atomic E-state index is 0.326. The quantitative estimate of drug-likeness (QED) is 0.595. The van der Waals surface area contributed by atoms with Gasteiger partial charge in [0.1, 0.15) is 0 Å². The molecule has 0 radical (unpaired) electrons. The lowest BCUT2D eigenvalue weighted by Gasteiger charge is -2.11. The van der Waals surface area contributed by atoms with E-state index in [9.17, 15) is 0 Å². The van der Waals surface area contributed by atoms with E-state index in [2.05, 4.69) is 20.1 Å². The lowest BCUT2D eigenvalue weighted by molar-refractivity contribution is 0.903. The van der Waals surface area contributed by atoms with Gasteiger partial charge in [-0.05, 0) is 12.8 Å². The number of nitrogens with two attached hydrogens (primary N) is 1. The van der Waals surface area contributed by atoms with Gasteiger partial charge >= 0.3 is 0 Å². The van der Waals surface area contributed by atoms with Crippen LogP contribution in [0.25, 0.3) is 0 Å². The molecule has 0 saturated carbocycles. The number of hydrogen-bond acceptors (Lipinski definition) is 4. The third-order valence-corrected chi connectivity index (χ3v) is 1.90. The number of aromatic amines is 1. The summed E-state index contributed by atoms with van der Waals surface area (Å²) in [6, 6.07) is 0. The van der Waals surface area contributed by atoms with E-state index in [4.69, 9.17) is 5.73 Å². The molecule has 1 aromatic rings. The molecule has 1 fully saturated rings. The van der Waals surface area contributed by atoms with Gasteiger partial charge in [-0.2, -0.15) is 4.98 Å². The molecule has 2 heterocycles. The maximum absolute atomic E-state index is 5.37. The van der Waals surface area contributed by atoms with E-state index in [-0.39, 0.29) is 0 Å². The number of H-pyrrole nitrogens is 1. The fourth-order valence-corrected chi connectivity index (χ4v) is 1.34. The average Bonchev–Trinajstić information content (AvgIpc) is 2.55. The Bertz CT molecular complexity index is 237. The number of nitrogens with zero attached hydrogens (tertiary/aromatic N) is 3. The summed E-state index contributed by atoms with van der Waals surface area (Å²) in [5.74, 6) is 1.13. The molecule has 1 saturated heterocycles. The number of hydrogen-bond donors (Lipinski definition) is 2. The molecule has 3 N–H and O–H groups in total. The fraction of sp³-hybridized carbons (Fsp3) is 0.667. The zero-order chi connectivity index (χ0) is 7.68. The summed E-state index contributed by atoms with van der Waals surface area (Å²) < 4.78 is 0. The van der Waals surface area contributed by atoms with Crippen LogP contribution in [0.3, 0.4) is 0 Å². The standard InChI is InChI=1S/C6H11N5/c7-5-8-6(10-9-5)11-3-1-2-4-11/h1-4H2,(H3,7,8,9,10). The molecule has 0 bridgehead atoms. The van der Waals surface area contributed by atoms with Crippen LogP contribution in [0, 0.1) is 0 Å². The second kappa shape index (κ2) is 2.41. The van der Waals surface area contributed by atoms with E-state index in [0.29, 0.717) is 5.95 Å². The predicted octanol–water partition coefficient (Wildman–Crippen LogP) is -0.0129. The van der Waals surface area contributed by atoms with Crippen LogP contribution >= 0.6 is 0 Å². The molecule has 0 aromatic carbocycles. The van der Waals surface area contributed by atoms with E-state index in [0.717, 1.165) is 19.0 Å². The van der Waals surface area contributed by atoms with Gasteiger partial charge in [0.25, 0.3) is 0 Å². The van der Waals surface area contributed by atoms with Crippen LogP contribution in [0.5, 0.6) is 0 Å². The summed E-state index contributed by atoms with van der Waals surface area (Å²) in [4.78, 5) is 6.19. The Morgan fingerprint density at radius 3 is 2.64 bits per heavy atom. The SMILES string of the molecule is Nc1n[nH]c(N2CCCC2)n1. The Morgan fingerprint density at radius 2 is 2.09 bits per heavy atom. The van der Waals surface area contributed by atoms with Gasteiger partial charge < -0.3 is 10.6 Å². The number of anilines is 2. The normalized spacial score (nSPS) is 17.6. The Kier molecular flexibility index (Phi) is 1.41. The van der Waals surface area contributed by atoms with Gasteiger partial charge in [-0.3, -0.25) is 0 Å². The third-order valence-electron chi connectivity index (χ3n) is 1.90. The Balaban J connectivity index is 2.15. The van der Waals surface area contributed by atoms with Crippen molar-refractivity contribution in [2.45, 2.75) is 12.8 Å². The van der Waals surface area contributed by atoms with E-state index in [1.165, 1.54) is 12.8 Å². The van der Waals surface area contributed by atoms with Gasteiger partial charge in [0, 0.05) is 13.1 Å². The molecule has 5 nitrogen and oxygen atoms in total. The first-order valence-corrected chi connectivity index (χ1v) is 3.79. The summed E-state index contributed by atoms with van der Waals surface area (Å²) in [5.41, 5.74) is 5.37. The topological polar surface area (TPSA) is 70.8 Å². The van der Waals surface area contributed by atoms with E-state index >= 15 is 0 Å². The number of rotatable bonds is 1. The molecule has 2 rings (SSSR count). The highest BCUT2D eigenvalue weighted by Gasteiger charge is 2.14. The van der Waals surface area contributed by atoms with Crippen molar-refractivity contribution in [3.63, 3.8) is 0 Å². The molecule has 11 heavy (non-hydrogen) atoms. The van der Waals surface area contributed by atoms with Crippen molar-refractivity contribution in [3.05, 3.63) is 0 Å². The first-order valence-electron chi connectivity index (χ1n) is 3.79. The van der Waals surface area contributed by atoms with Gasteiger partial charge in [0.2, 0.25) is 11.9 Å². The van der Waals surface area contributed by atoms with E-state index < -0.39 is 0 Å². The second-order valence-corrected chi connectivity index (χ2v) is 2.71. The fourth-order valence-electron chi connectivity index (χ4n) is 1.34. The van der Waals surface area contributed by atoms with Gasteiger partial charge in [-0.15, -0.1) is 5.10 Å². The Labute approximate surface area is 64.6 Å². The van der Waals surface area contributed by atoms with Crippen molar-refractivity contribution in [1.82, 2.24) is 15.2 Å². The van der Waals surface area contributed by atoms with Crippen molar-refractivity contribution in [3.8, 4) is 0 Å². The lowest BCUT2D eigenvalue weighted by atomic mass is 10.4. The van der Waals surface area contributed by atoms with Crippen molar-refractivity contribution in [1.29, 1.82) is 0 Å². The Hall–Kier alpha value is -1.26. The van der Waals surface area contributed by atoms with E-state index in [1.54, 1.807) is 0 Å². The van der Waals surface area contributed by atoms with E-state index in [1.807, 2.05) is 0 Å². The molecule has 5 heteroatoms. The van der Waals surface area contributed by atoms with Crippen LogP contribution in [0.4, 0.5) is 11.9 Å². The monoisotopic (exact) mass is 153 g/mol. The molecule has 1 aliphatic rings. The average molecular weight is 153 g/mol. The van der Waals surface area contributed by atoms with Gasteiger partial charge in [0.15, 0.2) is 0 Å². The minimum atomic E-state index is 0.326.